The van der Waals surface area contributed by atoms with Crippen molar-refractivity contribution < 1.29 is 4.42 Å². The number of anilines is 1. The second-order valence-corrected chi connectivity index (χ2v) is 7.26. The van der Waals surface area contributed by atoms with Crippen molar-refractivity contribution in [3.8, 4) is 10.6 Å². The Kier molecular flexibility index (Phi) is 4.24. The summed E-state index contributed by atoms with van der Waals surface area (Å²) in [4.78, 5) is 11.5. The number of rotatable bonds is 3. The fraction of sp³-hybridized carbons (Fsp3) is 0.444. The molecule has 4 rings (SSSR count). The monoisotopic (exact) mass is 342 g/mol. The largest absolute Gasteiger partial charge is 0.423 e. The highest BCUT2D eigenvalue weighted by Crippen LogP contribution is 2.34. The van der Waals surface area contributed by atoms with Gasteiger partial charge in [-0.05, 0) is 38.4 Å². The number of oxazole rings is 1. The average molecular weight is 342 g/mol. The highest BCUT2D eigenvalue weighted by Gasteiger charge is 2.23. The molecule has 1 atom stereocenters. The summed E-state index contributed by atoms with van der Waals surface area (Å²) in [6, 6.07) is 5.41. The highest BCUT2D eigenvalue weighted by atomic mass is 32.1. The molecule has 5 nitrogen and oxygen atoms in total. The van der Waals surface area contributed by atoms with Crippen LogP contribution in [-0.2, 0) is 0 Å². The predicted octanol–water partition coefficient (Wildman–Crippen LogP) is 3.84. The quantitative estimate of drug-likeness (QED) is 0.784. The summed E-state index contributed by atoms with van der Waals surface area (Å²) in [5.74, 6) is 0. The number of thiazole rings is 1. The molecule has 1 aliphatic rings. The zero-order chi connectivity index (χ0) is 16.5. The van der Waals surface area contributed by atoms with Crippen LogP contribution >= 0.6 is 11.3 Å². The van der Waals surface area contributed by atoms with Gasteiger partial charge < -0.3 is 14.6 Å². The third-order valence-corrected chi connectivity index (χ3v) is 5.55. The predicted molar refractivity (Wildman–Crippen MR) is 98.8 cm³/mol. The molecule has 1 N–H and O–H groups in total. The molecule has 0 spiro atoms. The molecule has 1 aliphatic heterocycles. The third kappa shape index (κ3) is 2.80. The minimum Gasteiger partial charge on any atom is -0.423 e. The highest BCUT2D eigenvalue weighted by molar-refractivity contribution is 7.13. The zero-order valence-corrected chi connectivity index (χ0v) is 14.9. The van der Waals surface area contributed by atoms with E-state index >= 15 is 0 Å². The summed E-state index contributed by atoms with van der Waals surface area (Å²) in [6.45, 7) is 4.02. The molecule has 6 heteroatoms. The zero-order valence-electron chi connectivity index (χ0n) is 14.1. The van der Waals surface area contributed by atoms with Crippen LogP contribution < -0.4 is 10.2 Å². The molecule has 1 fully saturated rings. The number of nitrogens with zero attached hydrogens (tertiary/aromatic N) is 3. The Hall–Kier alpha value is -1.92. The minimum atomic E-state index is 0.488. The maximum Gasteiger partial charge on any atom is 0.298 e. The fourth-order valence-corrected chi connectivity index (χ4v) is 3.99. The molecular weight excluding hydrogens is 320 g/mol. The van der Waals surface area contributed by atoms with Gasteiger partial charge >= 0.3 is 0 Å². The second-order valence-electron chi connectivity index (χ2n) is 6.37. The lowest BCUT2D eigenvalue weighted by molar-refractivity contribution is 0.511. The van der Waals surface area contributed by atoms with E-state index in [-0.39, 0.29) is 0 Å². The first kappa shape index (κ1) is 15.6. The van der Waals surface area contributed by atoms with E-state index in [1.165, 1.54) is 19.3 Å². The lowest BCUT2D eigenvalue weighted by Crippen LogP contribution is -2.38. The summed E-state index contributed by atoms with van der Waals surface area (Å²) in [5, 5.41) is 6.37. The summed E-state index contributed by atoms with van der Waals surface area (Å²) in [5.41, 5.74) is 3.97. The van der Waals surface area contributed by atoms with Crippen LogP contribution in [0.3, 0.4) is 0 Å². The van der Waals surface area contributed by atoms with Crippen LogP contribution in [-0.4, -0.2) is 36.1 Å². The smallest absolute Gasteiger partial charge is 0.298 e. The third-order valence-electron chi connectivity index (χ3n) is 4.75. The van der Waals surface area contributed by atoms with Crippen LogP contribution in [0.2, 0.25) is 0 Å². The van der Waals surface area contributed by atoms with Crippen molar-refractivity contribution in [1.82, 2.24) is 15.3 Å². The lowest BCUT2D eigenvalue weighted by atomic mass is 10.1. The van der Waals surface area contributed by atoms with Crippen molar-refractivity contribution in [3.05, 3.63) is 29.3 Å². The van der Waals surface area contributed by atoms with Crippen LogP contribution in [0.15, 0.2) is 28.1 Å². The number of benzene rings is 1. The maximum absolute atomic E-state index is 6.25. The summed E-state index contributed by atoms with van der Waals surface area (Å²) < 4.78 is 6.25. The molecule has 3 aromatic rings. The van der Waals surface area contributed by atoms with E-state index in [9.17, 15) is 0 Å². The number of aryl methyl sites for hydroxylation is 1. The van der Waals surface area contributed by atoms with Crippen molar-refractivity contribution in [3.63, 3.8) is 0 Å². The second kappa shape index (κ2) is 6.53. The normalized spacial score (nSPS) is 18.9. The number of likely N-dealkylation sites (N-methyl/N-ethyl adjacent to an activating group) is 1. The van der Waals surface area contributed by atoms with E-state index in [2.05, 4.69) is 34.3 Å². The van der Waals surface area contributed by atoms with Crippen molar-refractivity contribution in [2.45, 2.75) is 32.2 Å². The van der Waals surface area contributed by atoms with E-state index in [0.717, 1.165) is 46.3 Å². The Balaban J connectivity index is 1.77. The first-order chi connectivity index (χ1) is 11.8. The molecule has 1 unspecified atom stereocenters. The van der Waals surface area contributed by atoms with Gasteiger partial charge in [0, 0.05) is 30.7 Å². The number of aromatic nitrogens is 2. The van der Waals surface area contributed by atoms with Gasteiger partial charge in [0.2, 0.25) is 0 Å². The molecule has 1 aromatic carbocycles. The van der Waals surface area contributed by atoms with Crippen LogP contribution in [0.1, 0.15) is 24.8 Å². The molecule has 126 valence electrons. The molecule has 0 bridgehead atoms. The maximum atomic E-state index is 6.25. The van der Waals surface area contributed by atoms with Crippen molar-refractivity contribution in [2.24, 2.45) is 0 Å². The van der Waals surface area contributed by atoms with Gasteiger partial charge in [0.15, 0.2) is 5.58 Å². The van der Waals surface area contributed by atoms with Gasteiger partial charge in [-0.25, -0.2) is 4.98 Å². The van der Waals surface area contributed by atoms with E-state index in [4.69, 9.17) is 9.40 Å². The van der Waals surface area contributed by atoms with Crippen LogP contribution in [0.25, 0.3) is 21.7 Å². The van der Waals surface area contributed by atoms with Crippen molar-refractivity contribution in [2.75, 3.05) is 25.0 Å². The number of nitrogens with one attached hydrogen (secondary N) is 1. The van der Waals surface area contributed by atoms with E-state index in [1.54, 1.807) is 11.3 Å². The molecular formula is C18H22N4OS. The van der Waals surface area contributed by atoms with E-state index in [1.807, 2.05) is 18.6 Å². The lowest BCUT2D eigenvalue weighted by Gasteiger charge is -2.22. The molecule has 24 heavy (non-hydrogen) atoms. The Morgan fingerprint density at radius 3 is 3.04 bits per heavy atom. The minimum absolute atomic E-state index is 0.488. The molecule has 2 aromatic heterocycles. The van der Waals surface area contributed by atoms with Crippen molar-refractivity contribution in [1.29, 1.82) is 0 Å². The Morgan fingerprint density at radius 1 is 1.33 bits per heavy atom. The van der Waals surface area contributed by atoms with Gasteiger partial charge in [0.1, 0.15) is 10.5 Å². The first-order valence-electron chi connectivity index (χ1n) is 8.48. The van der Waals surface area contributed by atoms with Crippen LogP contribution in [0.4, 0.5) is 6.01 Å². The van der Waals surface area contributed by atoms with E-state index < -0.39 is 0 Å². The summed E-state index contributed by atoms with van der Waals surface area (Å²) in [6.07, 6.45) is 5.45. The number of hydrogen-bond donors (Lipinski definition) is 1. The number of fused-ring (bicyclic) bond motifs is 1. The Bertz CT molecular complexity index is 827. The van der Waals surface area contributed by atoms with Gasteiger partial charge in [0.05, 0.1) is 5.56 Å². The molecule has 0 amide bonds. The van der Waals surface area contributed by atoms with Gasteiger partial charge in [-0.15, -0.1) is 11.3 Å². The van der Waals surface area contributed by atoms with Gasteiger partial charge in [-0.3, -0.25) is 0 Å². The van der Waals surface area contributed by atoms with Gasteiger partial charge in [-0.2, -0.15) is 4.98 Å². The standard InChI is InChI=1S/C18H22N4OS/c1-12-6-7-14(17-20-8-10-24-17)16-15(12)21-18(23-16)22-9-4-3-5-13(11-22)19-2/h6-8,10,13,19H,3-5,9,11H2,1-2H3. The average Bonchev–Trinajstić information content (AvgIpc) is 3.21. The summed E-state index contributed by atoms with van der Waals surface area (Å²) >= 11 is 1.63. The van der Waals surface area contributed by atoms with E-state index in [0.29, 0.717) is 6.04 Å². The molecule has 3 heterocycles. The van der Waals surface area contributed by atoms with Crippen LogP contribution in [0, 0.1) is 6.92 Å². The van der Waals surface area contributed by atoms with Gasteiger partial charge in [-0.1, -0.05) is 12.5 Å². The molecule has 0 aliphatic carbocycles. The van der Waals surface area contributed by atoms with Crippen LogP contribution in [0.5, 0.6) is 0 Å². The molecule has 1 saturated heterocycles. The summed E-state index contributed by atoms with van der Waals surface area (Å²) in [7, 11) is 2.03. The van der Waals surface area contributed by atoms with Crippen molar-refractivity contribution >= 4 is 28.5 Å². The number of hydrogen-bond acceptors (Lipinski definition) is 6. The first-order valence-corrected chi connectivity index (χ1v) is 9.36. The SMILES string of the molecule is CNC1CCCCN(c2nc3c(C)ccc(-c4nccs4)c3o2)C1. The topological polar surface area (TPSA) is 54.2 Å². The fourth-order valence-electron chi connectivity index (χ4n) is 3.33. The molecule has 0 radical (unpaired) electrons. The molecule has 0 saturated carbocycles. The van der Waals surface area contributed by atoms with Gasteiger partial charge in [0.25, 0.3) is 6.01 Å². The Labute approximate surface area is 145 Å². The Morgan fingerprint density at radius 2 is 2.25 bits per heavy atom.